The van der Waals surface area contributed by atoms with Gasteiger partial charge in [0.2, 0.25) is 0 Å². The molecule has 0 unspecified atom stereocenters. The van der Waals surface area contributed by atoms with Crippen molar-refractivity contribution in [1.29, 1.82) is 0 Å². The van der Waals surface area contributed by atoms with E-state index in [1.807, 2.05) is 0 Å². The minimum Gasteiger partial charge on any atom is -0.481 e. The number of anilines is 1. The first-order valence-corrected chi connectivity index (χ1v) is 5.80. The molecule has 1 heterocycles. The lowest BCUT2D eigenvalue weighted by Gasteiger charge is -2.26. The highest BCUT2D eigenvalue weighted by molar-refractivity contribution is 5.89. The molecular formula is C12H16FN3O3. The number of aromatic nitrogens is 1. The molecule has 0 aliphatic heterocycles. The van der Waals surface area contributed by atoms with Crippen LogP contribution in [0, 0.1) is 5.82 Å². The van der Waals surface area contributed by atoms with E-state index >= 15 is 0 Å². The summed E-state index contributed by atoms with van der Waals surface area (Å²) in [5.74, 6) is -1.54. The Morgan fingerprint density at radius 3 is 2.68 bits per heavy atom. The van der Waals surface area contributed by atoms with Crippen LogP contribution in [0.2, 0.25) is 0 Å². The second kappa shape index (κ2) is 6.67. The van der Waals surface area contributed by atoms with Crippen LogP contribution in [0.1, 0.15) is 20.3 Å². The lowest BCUT2D eigenvalue weighted by Crippen LogP contribution is -2.41. The summed E-state index contributed by atoms with van der Waals surface area (Å²) in [5.41, 5.74) is 0.228. The van der Waals surface area contributed by atoms with Gasteiger partial charge in [-0.3, -0.25) is 9.78 Å². The van der Waals surface area contributed by atoms with Crippen molar-refractivity contribution in [3.63, 3.8) is 0 Å². The average Bonchev–Trinajstić information content (AvgIpc) is 2.28. The van der Waals surface area contributed by atoms with Gasteiger partial charge < -0.3 is 15.3 Å². The number of rotatable bonds is 5. The smallest absolute Gasteiger partial charge is 0.322 e. The van der Waals surface area contributed by atoms with E-state index in [0.717, 1.165) is 12.3 Å². The Bertz CT molecular complexity index is 465. The first kappa shape index (κ1) is 14.9. The number of carbonyl (C=O) groups excluding carboxylic acids is 1. The average molecular weight is 269 g/mol. The van der Waals surface area contributed by atoms with E-state index in [4.69, 9.17) is 5.11 Å². The Morgan fingerprint density at radius 2 is 2.16 bits per heavy atom. The molecule has 2 amide bonds. The molecule has 6 nitrogen and oxygen atoms in total. The summed E-state index contributed by atoms with van der Waals surface area (Å²) < 4.78 is 12.9. The van der Waals surface area contributed by atoms with Crippen molar-refractivity contribution < 1.29 is 19.1 Å². The van der Waals surface area contributed by atoms with Crippen molar-refractivity contribution in [1.82, 2.24) is 9.88 Å². The third kappa shape index (κ3) is 4.90. The number of aliphatic carboxylic acids is 1. The van der Waals surface area contributed by atoms with Crippen LogP contribution in [0.4, 0.5) is 14.9 Å². The highest BCUT2D eigenvalue weighted by Crippen LogP contribution is 2.10. The van der Waals surface area contributed by atoms with Gasteiger partial charge in [0.15, 0.2) is 0 Å². The number of hydrogen-bond acceptors (Lipinski definition) is 3. The summed E-state index contributed by atoms with van der Waals surface area (Å²) >= 11 is 0. The number of pyridine rings is 1. The third-order valence-corrected chi connectivity index (χ3v) is 2.41. The van der Waals surface area contributed by atoms with Gasteiger partial charge in [0.25, 0.3) is 0 Å². The van der Waals surface area contributed by atoms with Gasteiger partial charge in [-0.05, 0) is 13.8 Å². The zero-order chi connectivity index (χ0) is 14.4. The van der Waals surface area contributed by atoms with Crippen LogP contribution >= 0.6 is 0 Å². The molecule has 19 heavy (non-hydrogen) atoms. The molecule has 0 aliphatic carbocycles. The van der Waals surface area contributed by atoms with E-state index in [1.54, 1.807) is 13.8 Å². The summed E-state index contributed by atoms with van der Waals surface area (Å²) in [7, 11) is 0. The van der Waals surface area contributed by atoms with Crippen molar-refractivity contribution >= 4 is 17.7 Å². The molecule has 1 rings (SSSR count). The van der Waals surface area contributed by atoms with Crippen molar-refractivity contribution in [2.24, 2.45) is 0 Å². The topological polar surface area (TPSA) is 82.5 Å². The van der Waals surface area contributed by atoms with Crippen molar-refractivity contribution in [2.75, 3.05) is 11.9 Å². The molecule has 1 aromatic heterocycles. The molecule has 0 bridgehead atoms. The van der Waals surface area contributed by atoms with Gasteiger partial charge >= 0.3 is 12.0 Å². The molecule has 2 N–H and O–H groups in total. The molecule has 0 radical (unpaired) electrons. The van der Waals surface area contributed by atoms with Gasteiger partial charge in [-0.15, -0.1) is 0 Å². The van der Waals surface area contributed by atoms with E-state index < -0.39 is 17.8 Å². The summed E-state index contributed by atoms with van der Waals surface area (Å²) in [6.07, 6.45) is 2.20. The molecule has 0 atom stereocenters. The van der Waals surface area contributed by atoms with Crippen LogP contribution in [-0.2, 0) is 4.79 Å². The molecule has 0 saturated carbocycles. The number of carboxylic acid groups (broad SMARTS) is 1. The van der Waals surface area contributed by atoms with E-state index in [2.05, 4.69) is 10.3 Å². The Morgan fingerprint density at radius 1 is 1.47 bits per heavy atom. The van der Waals surface area contributed by atoms with Crippen molar-refractivity contribution in [2.45, 2.75) is 26.3 Å². The van der Waals surface area contributed by atoms with Crippen LogP contribution < -0.4 is 5.32 Å². The quantitative estimate of drug-likeness (QED) is 0.855. The van der Waals surface area contributed by atoms with Crippen LogP contribution in [0.15, 0.2) is 18.5 Å². The number of nitrogens with one attached hydrogen (secondary N) is 1. The monoisotopic (exact) mass is 269 g/mol. The highest BCUT2D eigenvalue weighted by atomic mass is 19.1. The normalized spacial score (nSPS) is 10.3. The third-order valence-electron chi connectivity index (χ3n) is 2.41. The number of amides is 2. The summed E-state index contributed by atoms with van der Waals surface area (Å²) in [6, 6.07) is 0.491. The second-order valence-corrected chi connectivity index (χ2v) is 4.25. The molecule has 0 fully saturated rings. The zero-order valence-electron chi connectivity index (χ0n) is 10.8. The number of hydrogen-bond donors (Lipinski definition) is 2. The first-order valence-electron chi connectivity index (χ1n) is 5.80. The van der Waals surface area contributed by atoms with Gasteiger partial charge in [-0.25, -0.2) is 9.18 Å². The molecule has 0 spiro atoms. The summed E-state index contributed by atoms with van der Waals surface area (Å²) in [5, 5.41) is 11.1. The fourth-order valence-corrected chi connectivity index (χ4v) is 1.49. The van der Waals surface area contributed by atoms with E-state index in [-0.39, 0.29) is 24.7 Å². The number of carbonyl (C=O) groups is 2. The summed E-state index contributed by atoms with van der Waals surface area (Å²) in [6.45, 7) is 3.62. The highest BCUT2D eigenvalue weighted by Gasteiger charge is 2.18. The van der Waals surface area contributed by atoms with Crippen LogP contribution in [0.5, 0.6) is 0 Å². The fraction of sp³-hybridized carbons (Fsp3) is 0.417. The van der Waals surface area contributed by atoms with Gasteiger partial charge in [0, 0.05) is 18.7 Å². The molecule has 0 aliphatic rings. The second-order valence-electron chi connectivity index (χ2n) is 4.25. The number of halogens is 1. The van der Waals surface area contributed by atoms with Crippen molar-refractivity contribution in [3.05, 3.63) is 24.3 Å². The predicted octanol–water partition coefficient (Wildman–Crippen LogP) is 1.94. The lowest BCUT2D eigenvalue weighted by atomic mass is 10.3. The maximum absolute atomic E-state index is 12.9. The Balaban J connectivity index is 2.69. The van der Waals surface area contributed by atoms with Crippen LogP contribution in [0.25, 0.3) is 0 Å². The van der Waals surface area contributed by atoms with Gasteiger partial charge in [-0.1, -0.05) is 0 Å². The molecular weight excluding hydrogens is 253 g/mol. The molecule has 104 valence electrons. The summed E-state index contributed by atoms with van der Waals surface area (Å²) in [4.78, 5) is 27.5. The maximum Gasteiger partial charge on any atom is 0.322 e. The molecule has 0 aromatic carbocycles. The van der Waals surface area contributed by atoms with Crippen LogP contribution in [0.3, 0.4) is 0 Å². The standard InChI is InChI=1S/C12H16FN3O3/c1-8(2)16(4-3-11(17)18)12(19)15-10-5-9(13)6-14-7-10/h5-8H,3-4H2,1-2H3,(H,15,19)(H,17,18). The van der Waals surface area contributed by atoms with Gasteiger partial charge in [0.05, 0.1) is 24.5 Å². The van der Waals surface area contributed by atoms with E-state index in [9.17, 15) is 14.0 Å². The predicted molar refractivity (Wildman–Crippen MR) is 67.3 cm³/mol. The minimum atomic E-state index is -0.981. The van der Waals surface area contributed by atoms with Crippen molar-refractivity contribution in [3.8, 4) is 0 Å². The Labute approximate surface area is 110 Å². The maximum atomic E-state index is 12.9. The molecule has 0 saturated heterocycles. The van der Waals surface area contributed by atoms with E-state index in [0.29, 0.717) is 0 Å². The lowest BCUT2D eigenvalue weighted by molar-refractivity contribution is -0.137. The zero-order valence-corrected chi connectivity index (χ0v) is 10.8. The molecule has 1 aromatic rings. The number of urea groups is 1. The van der Waals surface area contributed by atoms with Gasteiger partial charge in [-0.2, -0.15) is 0 Å². The van der Waals surface area contributed by atoms with Gasteiger partial charge in [0.1, 0.15) is 5.82 Å². The van der Waals surface area contributed by atoms with Crippen LogP contribution in [-0.4, -0.2) is 39.6 Å². The SMILES string of the molecule is CC(C)N(CCC(=O)O)C(=O)Nc1cncc(F)c1. The number of carboxylic acids is 1. The molecule has 7 heteroatoms. The minimum absolute atomic E-state index is 0.0849. The Hall–Kier alpha value is -2.18. The largest absolute Gasteiger partial charge is 0.481 e. The first-order chi connectivity index (χ1) is 8.90. The van der Waals surface area contributed by atoms with E-state index in [1.165, 1.54) is 11.1 Å². The number of nitrogens with zero attached hydrogens (tertiary/aromatic N) is 2. The fourth-order valence-electron chi connectivity index (χ4n) is 1.49. The Kier molecular flexibility index (Phi) is 5.23.